The lowest BCUT2D eigenvalue weighted by Gasteiger charge is -2.31. The van der Waals surface area contributed by atoms with Crippen LogP contribution in [0.2, 0.25) is 0 Å². The monoisotopic (exact) mass is 331 g/mol. The second kappa shape index (κ2) is 8.63. The minimum atomic E-state index is 0.0233. The third kappa shape index (κ3) is 5.60. The van der Waals surface area contributed by atoms with Gasteiger partial charge in [0.05, 0.1) is 6.54 Å². The second-order valence-corrected chi connectivity index (χ2v) is 7.96. The molecule has 0 saturated carbocycles. The van der Waals surface area contributed by atoms with Crippen molar-refractivity contribution in [1.29, 1.82) is 0 Å². The molecule has 1 aliphatic heterocycles. The van der Waals surface area contributed by atoms with Gasteiger partial charge in [-0.25, -0.2) is 0 Å². The van der Waals surface area contributed by atoms with Crippen molar-refractivity contribution in [2.75, 3.05) is 38.5 Å². The summed E-state index contributed by atoms with van der Waals surface area (Å²) >= 11 is 0. The van der Waals surface area contributed by atoms with Gasteiger partial charge in [0.25, 0.3) is 0 Å². The highest BCUT2D eigenvalue weighted by atomic mass is 16.2. The van der Waals surface area contributed by atoms with E-state index in [-0.39, 0.29) is 11.3 Å². The molecule has 2 N–H and O–H groups in total. The molecule has 4 nitrogen and oxygen atoms in total. The van der Waals surface area contributed by atoms with Crippen molar-refractivity contribution < 1.29 is 4.79 Å². The van der Waals surface area contributed by atoms with Gasteiger partial charge in [-0.2, -0.15) is 0 Å². The predicted molar refractivity (Wildman–Crippen MR) is 101 cm³/mol. The van der Waals surface area contributed by atoms with Gasteiger partial charge in [0.2, 0.25) is 5.91 Å². The summed E-state index contributed by atoms with van der Waals surface area (Å²) in [5.41, 5.74) is 2.15. The number of para-hydroxylation sites is 1. The molecular weight excluding hydrogens is 298 g/mol. The van der Waals surface area contributed by atoms with E-state index in [1.54, 1.807) is 0 Å². The molecule has 1 saturated heterocycles. The number of nitrogens with one attached hydrogen (secondary N) is 2. The quantitative estimate of drug-likeness (QED) is 0.841. The van der Waals surface area contributed by atoms with Gasteiger partial charge in [0, 0.05) is 5.69 Å². The molecule has 0 unspecified atom stereocenters. The Morgan fingerprint density at radius 3 is 2.50 bits per heavy atom. The molecule has 1 heterocycles. The molecule has 0 radical (unpaired) electrons. The van der Waals surface area contributed by atoms with Gasteiger partial charge in [0.1, 0.15) is 0 Å². The number of piperidine rings is 1. The average Bonchev–Trinajstić information content (AvgIpc) is 2.53. The highest BCUT2D eigenvalue weighted by molar-refractivity contribution is 5.93. The lowest BCUT2D eigenvalue weighted by Crippen LogP contribution is -2.39. The van der Waals surface area contributed by atoms with Gasteiger partial charge >= 0.3 is 0 Å². The molecule has 0 aliphatic carbocycles. The van der Waals surface area contributed by atoms with E-state index in [1.165, 1.54) is 24.8 Å². The van der Waals surface area contributed by atoms with Crippen LogP contribution in [0.3, 0.4) is 0 Å². The van der Waals surface area contributed by atoms with Crippen LogP contribution in [0.4, 0.5) is 5.69 Å². The van der Waals surface area contributed by atoms with Crippen molar-refractivity contribution in [3.05, 3.63) is 29.8 Å². The molecule has 2 rings (SSSR count). The molecule has 0 spiro atoms. The summed E-state index contributed by atoms with van der Waals surface area (Å²) in [4.78, 5) is 14.7. The summed E-state index contributed by atoms with van der Waals surface area (Å²) in [6.45, 7) is 10.2. The molecule has 1 fully saturated rings. The maximum atomic E-state index is 12.5. The number of nitrogens with zero attached hydrogens (tertiary/aromatic N) is 1. The largest absolute Gasteiger partial charge is 0.325 e. The Labute approximate surface area is 147 Å². The fourth-order valence-electron chi connectivity index (χ4n) is 3.42. The number of likely N-dealkylation sites (tertiary alicyclic amines) is 1. The zero-order chi connectivity index (χ0) is 17.6. The van der Waals surface area contributed by atoms with Gasteiger partial charge in [-0.15, -0.1) is 0 Å². The molecule has 24 heavy (non-hydrogen) atoms. The van der Waals surface area contributed by atoms with E-state index in [0.29, 0.717) is 6.54 Å². The first kappa shape index (κ1) is 18.9. The Morgan fingerprint density at radius 1 is 1.21 bits per heavy atom. The summed E-state index contributed by atoms with van der Waals surface area (Å²) in [5, 5.41) is 6.34. The van der Waals surface area contributed by atoms with Gasteiger partial charge in [-0.1, -0.05) is 39.0 Å². The molecule has 1 aliphatic rings. The summed E-state index contributed by atoms with van der Waals surface area (Å²) < 4.78 is 0. The van der Waals surface area contributed by atoms with Crippen molar-refractivity contribution in [3.63, 3.8) is 0 Å². The van der Waals surface area contributed by atoms with E-state index in [4.69, 9.17) is 0 Å². The first-order valence-corrected chi connectivity index (χ1v) is 9.16. The van der Waals surface area contributed by atoms with Crippen molar-refractivity contribution >= 4 is 11.6 Å². The van der Waals surface area contributed by atoms with Crippen LogP contribution in [0.25, 0.3) is 0 Å². The summed E-state index contributed by atoms with van der Waals surface area (Å²) in [6.07, 6.45) is 3.65. The second-order valence-electron chi connectivity index (χ2n) is 7.96. The molecule has 1 aromatic rings. The van der Waals surface area contributed by atoms with E-state index in [1.807, 2.05) is 25.2 Å². The number of carbonyl (C=O) groups is 1. The SMILES string of the molecule is CNCCC1CCN(CC(=O)Nc2ccccc2C(C)(C)C)CC1. The number of benzene rings is 1. The normalized spacial score (nSPS) is 17.0. The fraction of sp³-hybridized carbons (Fsp3) is 0.650. The Morgan fingerprint density at radius 2 is 1.88 bits per heavy atom. The maximum absolute atomic E-state index is 12.5. The van der Waals surface area contributed by atoms with E-state index >= 15 is 0 Å². The third-order valence-corrected chi connectivity index (χ3v) is 4.89. The van der Waals surface area contributed by atoms with Crippen LogP contribution in [0.5, 0.6) is 0 Å². The Bertz CT molecular complexity index is 528. The predicted octanol–water partition coefficient (Wildman–Crippen LogP) is 3.24. The van der Waals surface area contributed by atoms with Crippen LogP contribution >= 0.6 is 0 Å². The Balaban J connectivity index is 1.85. The smallest absolute Gasteiger partial charge is 0.238 e. The maximum Gasteiger partial charge on any atom is 0.238 e. The minimum Gasteiger partial charge on any atom is -0.325 e. The van der Waals surface area contributed by atoms with Crippen molar-refractivity contribution in [1.82, 2.24) is 10.2 Å². The standard InChI is InChI=1S/C20H33N3O/c1-20(2,3)17-7-5-6-8-18(17)22-19(24)15-23-13-10-16(11-14-23)9-12-21-4/h5-8,16,21H,9-15H2,1-4H3,(H,22,24). The highest BCUT2D eigenvalue weighted by Gasteiger charge is 2.22. The number of hydrogen-bond acceptors (Lipinski definition) is 3. The number of amides is 1. The molecule has 134 valence electrons. The summed E-state index contributed by atoms with van der Waals surface area (Å²) in [5.74, 6) is 0.902. The third-order valence-electron chi connectivity index (χ3n) is 4.89. The molecule has 0 aromatic heterocycles. The fourth-order valence-corrected chi connectivity index (χ4v) is 3.42. The van der Waals surface area contributed by atoms with Crippen LogP contribution in [0.15, 0.2) is 24.3 Å². The van der Waals surface area contributed by atoms with Crippen LogP contribution < -0.4 is 10.6 Å². The van der Waals surface area contributed by atoms with E-state index < -0.39 is 0 Å². The zero-order valence-electron chi connectivity index (χ0n) is 15.7. The summed E-state index contributed by atoms with van der Waals surface area (Å²) in [7, 11) is 2.01. The first-order valence-electron chi connectivity index (χ1n) is 9.16. The number of anilines is 1. The lowest BCUT2D eigenvalue weighted by atomic mass is 9.86. The molecule has 0 atom stereocenters. The zero-order valence-corrected chi connectivity index (χ0v) is 15.7. The van der Waals surface area contributed by atoms with Crippen molar-refractivity contribution in [2.24, 2.45) is 5.92 Å². The first-order chi connectivity index (χ1) is 11.4. The number of hydrogen-bond donors (Lipinski definition) is 2. The molecule has 1 amide bonds. The molecular formula is C20H33N3O. The number of rotatable bonds is 6. The van der Waals surface area contributed by atoms with Crippen LogP contribution in [-0.4, -0.2) is 44.0 Å². The van der Waals surface area contributed by atoms with E-state index in [9.17, 15) is 4.79 Å². The Hall–Kier alpha value is -1.39. The topological polar surface area (TPSA) is 44.4 Å². The minimum absolute atomic E-state index is 0.0233. The van der Waals surface area contributed by atoms with E-state index in [2.05, 4.69) is 42.4 Å². The van der Waals surface area contributed by atoms with Crippen molar-refractivity contribution in [2.45, 2.75) is 45.4 Å². The van der Waals surface area contributed by atoms with Crippen molar-refractivity contribution in [3.8, 4) is 0 Å². The lowest BCUT2D eigenvalue weighted by molar-refractivity contribution is -0.117. The summed E-state index contributed by atoms with van der Waals surface area (Å²) in [6, 6.07) is 8.12. The molecule has 4 heteroatoms. The molecule has 1 aromatic carbocycles. The van der Waals surface area contributed by atoms with Crippen LogP contribution in [0, 0.1) is 5.92 Å². The average molecular weight is 332 g/mol. The van der Waals surface area contributed by atoms with E-state index in [0.717, 1.165) is 31.2 Å². The van der Waals surface area contributed by atoms with Gasteiger partial charge in [-0.05, 0) is 68.9 Å². The van der Waals surface area contributed by atoms with Crippen LogP contribution in [-0.2, 0) is 10.2 Å². The Kier molecular flexibility index (Phi) is 6.81. The van der Waals surface area contributed by atoms with Gasteiger partial charge in [-0.3, -0.25) is 9.69 Å². The van der Waals surface area contributed by atoms with Gasteiger partial charge in [0.15, 0.2) is 0 Å². The van der Waals surface area contributed by atoms with Crippen LogP contribution in [0.1, 0.15) is 45.6 Å². The highest BCUT2D eigenvalue weighted by Crippen LogP contribution is 2.29. The van der Waals surface area contributed by atoms with Gasteiger partial charge < -0.3 is 10.6 Å². The number of carbonyl (C=O) groups excluding carboxylic acids is 1. The molecule has 0 bridgehead atoms.